The second kappa shape index (κ2) is 7.11. The van der Waals surface area contributed by atoms with Gasteiger partial charge in [-0.2, -0.15) is 0 Å². The number of likely N-dealkylation sites (tertiary alicyclic amines) is 1. The molecular formula is C20H24ClN4O4+. The summed E-state index contributed by atoms with van der Waals surface area (Å²) in [5, 5.41) is 4.99. The van der Waals surface area contributed by atoms with Gasteiger partial charge in [-0.25, -0.2) is 0 Å². The van der Waals surface area contributed by atoms with E-state index in [0.29, 0.717) is 35.7 Å². The normalized spacial score (nSPS) is 30.1. The summed E-state index contributed by atoms with van der Waals surface area (Å²) in [4.78, 5) is 52.5. The minimum absolute atomic E-state index is 0.0842. The Bertz CT molecular complexity index is 920. The van der Waals surface area contributed by atoms with E-state index in [0.717, 1.165) is 6.42 Å². The van der Waals surface area contributed by atoms with Crippen molar-refractivity contribution < 1.29 is 24.5 Å². The molecule has 2 saturated heterocycles. The van der Waals surface area contributed by atoms with E-state index >= 15 is 0 Å². The number of amides is 4. The fourth-order valence-electron chi connectivity index (χ4n) is 5.12. The van der Waals surface area contributed by atoms with Gasteiger partial charge >= 0.3 is 0 Å². The van der Waals surface area contributed by atoms with Crippen molar-refractivity contribution >= 4 is 40.9 Å². The highest BCUT2D eigenvalue weighted by Crippen LogP contribution is 2.50. The van der Waals surface area contributed by atoms with Crippen molar-refractivity contribution in [3.8, 4) is 0 Å². The minimum atomic E-state index is -1.26. The molecular weight excluding hydrogens is 396 g/mol. The Morgan fingerprint density at radius 1 is 1.31 bits per heavy atom. The number of nitrogens with two attached hydrogens (primary N) is 2. The quantitative estimate of drug-likeness (QED) is 0.565. The van der Waals surface area contributed by atoms with Crippen LogP contribution in [-0.2, 0) is 24.7 Å². The molecule has 0 saturated carbocycles. The van der Waals surface area contributed by atoms with Crippen LogP contribution < -0.4 is 16.4 Å². The Kier molecular flexibility index (Phi) is 4.86. The average Bonchev–Trinajstić information content (AvgIpc) is 3.25. The van der Waals surface area contributed by atoms with Crippen LogP contribution in [0.2, 0.25) is 5.02 Å². The summed E-state index contributed by atoms with van der Waals surface area (Å²) in [6.07, 6.45) is 1.95. The molecule has 4 amide bonds. The number of nitrogens with zero attached hydrogens (tertiary/aromatic N) is 1. The summed E-state index contributed by atoms with van der Waals surface area (Å²) < 4.78 is 0. The molecule has 1 aromatic carbocycles. The molecule has 154 valence electrons. The number of imide groups is 1. The molecule has 3 aliphatic rings. The number of quaternary nitrogens is 1. The summed E-state index contributed by atoms with van der Waals surface area (Å²) in [6.45, 7) is 2.32. The summed E-state index contributed by atoms with van der Waals surface area (Å²) in [5.41, 5.74) is 5.16. The lowest BCUT2D eigenvalue weighted by atomic mass is 9.76. The summed E-state index contributed by atoms with van der Waals surface area (Å²) >= 11 is 6.29. The zero-order valence-corrected chi connectivity index (χ0v) is 16.9. The molecule has 4 rings (SSSR count). The first-order valence-electron chi connectivity index (χ1n) is 9.93. The van der Waals surface area contributed by atoms with E-state index in [1.54, 1.807) is 23.5 Å². The highest BCUT2D eigenvalue weighted by molar-refractivity contribution is 6.35. The molecule has 1 aromatic rings. The number of rotatable bonds is 6. The molecule has 1 spiro atoms. The fourth-order valence-corrected chi connectivity index (χ4v) is 5.35. The lowest BCUT2D eigenvalue weighted by Crippen LogP contribution is -2.99. The molecule has 3 aliphatic heterocycles. The lowest BCUT2D eigenvalue weighted by Gasteiger charge is -2.26. The van der Waals surface area contributed by atoms with Gasteiger partial charge < -0.3 is 16.4 Å². The van der Waals surface area contributed by atoms with E-state index in [1.807, 2.05) is 6.92 Å². The maximum Gasteiger partial charge on any atom is 0.291 e. The van der Waals surface area contributed by atoms with Crippen LogP contribution in [-0.4, -0.2) is 41.1 Å². The standard InChI is InChI=1S/C20H23ClN4O4/c1-2-3-9-25-17(27)14-12(7-8-13(22)26)24-20(15(14)18(25)28)10-5-4-6-11(21)16(10)23-19(20)29/h4-6,12,14-15,24H,2-3,7-9H2,1H3,(H2,22,26)(H,23,29)/p+1/t12-,14+,15-,20+/m0/s1. The maximum atomic E-state index is 13.4. The van der Waals surface area contributed by atoms with Gasteiger partial charge in [-0.05, 0) is 18.6 Å². The van der Waals surface area contributed by atoms with Crippen LogP contribution in [0.15, 0.2) is 18.2 Å². The summed E-state index contributed by atoms with van der Waals surface area (Å²) in [5.74, 6) is -2.92. The number of unbranched alkanes of at least 4 members (excludes halogenated alkanes) is 1. The van der Waals surface area contributed by atoms with Crippen LogP contribution >= 0.6 is 11.6 Å². The molecule has 0 unspecified atom stereocenters. The Labute approximate surface area is 173 Å². The van der Waals surface area contributed by atoms with Gasteiger partial charge in [-0.1, -0.05) is 31.0 Å². The zero-order valence-electron chi connectivity index (χ0n) is 16.1. The lowest BCUT2D eigenvalue weighted by molar-refractivity contribution is -0.734. The second-order valence-electron chi connectivity index (χ2n) is 8.01. The van der Waals surface area contributed by atoms with E-state index < -0.39 is 29.3 Å². The van der Waals surface area contributed by atoms with Crippen LogP contribution in [0, 0.1) is 11.8 Å². The summed E-state index contributed by atoms with van der Waals surface area (Å²) in [7, 11) is 0. The molecule has 9 heteroatoms. The molecule has 0 aromatic heterocycles. The summed E-state index contributed by atoms with van der Waals surface area (Å²) in [6, 6.07) is 4.78. The Morgan fingerprint density at radius 2 is 2.07 bits per heavy atom. The van der Waals surface area contributed by atoms with Gasteiger partial charge in [-0.3, -0.25) is 24.1 Å². The van der Waals surface area contributed by atoms with Gasteiger partial charge in [0.2, 0.25) is 23.3 Å². The number of carbonyl (C=O) groups excluding carboxylic acids is 4. The van der Waals surface area contributed by atoms with Gasteiger partial charge in [0.1, 0.15) is 17.9 Å². The van der Waals surface area contributed by atoms with Gasteiger partial charge in [0, 0.05) is 24.9 Å². The number of fused-ring (bicyclic) bond motifs is 4. The smallest absolute Gasteiger partial charge is 0.291 e. The monoisotopic (exact) mass is 419 g/mol. The van der Waals surface area contributed by atoms with Crippen LogP contribution in [0.1, 0.15) is 38.2 Å². The molecule has 29 heavy (non-hydrogen) atoms. The van der Waals surface area contributed by atoms with Crippen molar-refractivity contribution in [1.82, 2.24) is 4.90 Å². The first-order chi connectivity index (χ1) is 13.8. The van der Waals surface area contributed by atoms with Crippen molar-refractivity contribution in [1.29, 1.82) is 0 Å². The molecule has 2 fully saturated rings. The predicted octanol–water partition coefficient (Wildman–Crippen LogP) is 0.0998. The van der Waals surface area contributed by atoms with Crippen LogP contribution in [0.25, 0.3) is 0 Å². The van der Waals surface area contributed by atoms with E-state index in [1.165, 1.54) is 4.90 Å². The number of carbonyl (C=O) groups is 4. The van der Waals surface area contributed by atoms with Crippen LogP contribution in [0.4, 0.5) is 5.69 Å². The Balaban J connectivity index is 1.81. The molecule has 3 heterocycles. The van der Waals surface area contributed by atoms with E-state index in [2.05, 4.69) is 5.32 Å². The Morgan fingerprint density at radius 3 is 2.76 bits per heavy atom. The molecule has 0 radical (unpaired) electrons. The topological polar surface area (TPSA) is 126 Å². The largest absolute Gasteiger partial charge is 0.370 e. The maximum absolute atomic E-state index is 13.4. The molecule has 0 aliphatic carbocycles. The second-order valence-corrected chi connectivity index (χ2v) is 8.41. The number of anilines is 1. The van der Waals surface area contributed by atoms with Crippen molar-refractivity contribution in [2.75, 3.05) is 11.9 Å². The first-order valence-corrected chi connectivity index (χ1v) is 10.3. The number of benzene rings is 1. The van der Waals surface area contributed by atoms with Gasteiger partial charge in [-0.15, -0.1) is 0 Å². The number of para-hydroxylation sites is 1. The van der Waals surface area contributed by atoms with Gasteiger partial charge in [0.05, 0.1) is 10.7 Å². The van der Waals surface area contributed by atoms with E-state index in [-0.39, 0.29) is 24.1 Å². The molecule has 4 atom stereocenters. The van der Waals surface area contributed by atoms with Crippen molar-refractivity contribution in [3.63, 3.8) is 0 Å². The third-order valence-electron chi connectivity index (χ3n) is 6.40. The van der Waals surface area contributed by atoms with E-state index in [4.69, 9.17) is 17.3 Å². The van der Waals surface area contributed by atoms with Crippen LogP contribution in [0.3, 0.4) is 0 Å². The molecule has 0 bridgehead atoms. The van der Waals surface area contributed by atoms with Gasteiger partial charge in [0.15, 0.2) is 0 Å². The first kappa shape index (κ1) is 19.8. The fraction of sp³-hybridized carbons (Fsp3) is 0.500. The van der Waals surface area contributed by atoms with Crippen molar-refractivity contribution in [2.45, 2.75) is 44.2 Å². The number of hydrogen-bond acceptors (Lipinski definition) is 4. The highest BCUT2D eigenvalue weighted by Gasteiger charge is 2.74. The number of primary amides is 1. The third kappa shape index (κ3) is 2.77. The predicted molar refractivity (Wildman–Crippen MR) is 105 cm³/mol. The number of hydrogen-bond donors (Lipinski definition) is 3. The number of nitrogens with one attached hydrogen (secondary N) is 1. The van der Waals surface area contributed by atoms with Crippen molar-refractivity contribution in [2.24, 2.45) is 17.6 Å². The van der Waals surface area contributed by atoms with E-state index in [9.17, 15) is 19.2 Å². The third-order valence-corrected chi connectivity index (χ3v) is 6.72. The van der Waals surface area contributed by atoms with Crippen molar-refractivity contribution in [3.05, 3.63) is 28.8 Å². The highest BCUT2D eigenvalue weighted by atomic mass is 35.5. The number of halogens is 1. The Hall–Kier alpha value is -2.45. The molecule has 8 nitrogen and oxygen atoms in total. The van der Waals surface area contributed by atoms with Gasteiger partial charge in [0.25, 0.3) is 5.91 Å². The average molecular weight is 420 g/mol. The zero-order chi connectivity index (χ0) is 20.9. The molecule has 5 N–H and O–H groups in total. The SMILES string of the molecule is CCCCN1C(=O)[C@@H]2[C@H](CCC(N)=O)[NH2+][C@@]3(C(=O)Nc4c(Cl)cccc43)[C@@H]2C1=O. The minimum Gasteiger partial charge on any atom is -0.370 e. The van der Waals surface area contributed by atoms with Crippen LogP contribution in [0.5, 0.6) is 0 Å².